The largest absolute Gasteiger partial charge is 0.467 e. The van der Waals surface area contributed by atoms with E-state index in [4.69, 9.17) is 4.74 Å². The number of carbonyl (C=O) groups excluding carboxylic acids is 3. The minimum atomic E-state index is -1.33. The summed E-state index contributed by atoms with van der Waals surface area (Å²) in [4.78, 5) is 41.2. The van der Waals surface area contributed by atoms with Gasteiger partial charge in [0.15, 0.2) is 11.3 Å². The van der Waals surface area contributed by atoms with Gasteiger partial charge in [0.25, 0.3) is 5.91 Å². The molecule has 30 heavy (non-hydrogen) atoms. The number of likely N-dealkylation sites (tertiary alicyclic amines) is 1. The number of carbonyl (C=O) groups is 3. The van der Waals surface area contributed by atoms with E-state index in [2.05, 4.69) is 0 Å². The molecule has 5 heteroatoms. The van der Waals surface area contributed by atoms with Crippen molar-refractivity contribution in [2.75, 3.05) is 13.7 Å². The SMILES string of the molecule is C/C=C1\C(=O)C=C2CN(C(=O)c3ccccc3)C(Cc3ccccc3)(C(=O)OC)C21. The third kappa shape index (κ3) is 2.98. The van der Waals surface area contributed by atoms with Crippen molar-refractivity contribution in [1.29, 1.82) is 0 Å². The Morgan fingerprint density at radius 2 is 1.73 bits per heavy atom. The van der Waals surface area contributed by atoms with Crippen LogP contribution >= 0.6 is 0 Å². The number of hydrogen-bond acceptors (Lipinski definition) is 4. The van der Waals surface area contributed by atoms with E-state index in [-0.39, 0.29) is 24.7 Å². The number of methoxy groups -OCH3 is 1. The van der Waals surface area contributed by atoms with Crippen LogP contribution in [0.3, 0.4) is 0 Å². The van der Waals surface area contributed by atoms with Gasteiger partial charge in [-0.25, -0.2) is 4.79 Å². The lowest BCUT2D eigenvalue weighted by Crippen LogP contribution is -2.59. The lowest BCUT2D eigenvalue weighted by atomic mass is 9.75. The molecule has 2 atom stereocenters. The minimum absolute atomic E-state index is 0.106. The molecule has 4 rings (SSSR count). The van der Waals surface area contributed by atoms with E-state index in [1.54, 1.807) is 48.2 Å². The molecular weight excluding hydrogens is 378 g/mol. The average molecular weight is 401 g/mol. The average Bonchev–Trinajstić information content (AvgIpc) is 3.27. The molecule has 1 fully saturated rings. The summed E-state index contributed by atoms with van der Waals surface area (Å²) < 4.78 is 5.26. The summed E-state index contributed by atoms with van der Waals surface area (Å²) in [6, 6.07) is 18.4. The Morgan fingerprint density at radius 1 is 1.10 bits per heavy atom. The predicted octanol–water partition coefficient (Wildman–Crippen LogP) is 3.37. The van der Waals surface area contributed by atoms with Crippen LogP contribution in [0.5, 0.6) is 0 Å². The van der Waals surface area contributed by atoms with Crippen LogP contribution in [0.15, 0.2) is 84.0 Å². The first-order chi connectivity index (χ1) is 14.5. The molecule has 0 spiro atoms. The van der Waals surface area contributed by atoms with Crippen LogP contribution in [0, 0.1) is 5.92 Å². The molecule has 0 bridgehead atoms. The second-order valence-corrected chi connectivity index (χ2v) is 7.60. The molecule has 0 saturated carbocycles. The molecule has 2 aromatic carbocycles. The van der Waals surface area contributed by atoms with Gasteiger partial charge in [-0.2, -0.15) is 0 Å². The van der Waals surface area contributed by atoms with Crippen LogP contribution < -0.4 is 0 Å². The zero-order chi connectivity index (χ0) is 21.3. The molecule has 2 unspecified atom stereocenters. The molecule has 2 aliphatic rings. The van der Waals surface area contributed by atoms with Gasteiger partial charge in [0.1, 0.15) is 0 Å². The number of hydrogen-bond donors (Lipinski definition) is 0. The highest BCUT2D eigenvalue weighted by molar-refractivity contribution is 6.11. The highest BCUT2D eigenvalue weighted by Crippen LogP contribution is 2.49. The maximum absolute atomic E-state index is 13.6. The fourth-order valence-corrected chi connectivity index (χ4v) is 4.74. The Balaban J connectivity index is 1.91. The summed E-state index contributed by atoms with van der Waals surface area (Å²) in [5, 5.41) is 0. The molecule has 1 heterocycles. The van der Waals surface area contributed by atoms with Crippen molar-refractivity contribution in [3.05, 3.63) is 95.1 Å². The molecule has 1 saturated heterocycles. The molecule has 5 nitrogen and oxygen atoms in total. The van der Waals surface area contributed by atoms with Crippen molar-refractivity contribution in [2.45, 2.75) is 18.9 Å². The first kappa shape index (κ1) is 19.8. The molecule has 1 aliphatic heterocycles. The van der Waals surface area contributed by atoms with E-state index < -0.39 is 17.4 Å². The Morgan fingerprint density at radius 3 is 2.33 bits per heavy atom. The van der Waals surface area contributed by atoms with Crippen molar-refractivity contribution in [1.82, 2.24) is 4.90 Å². The Labute approximate surface area is 175 Å². The van der Waals surface area contributed by atoms with Crippen LogP contribution in [0.25, 0.3) is 0 Å². The Bertz CT molecular complexity index is 1060. The second kappa shape index (κ2) is 7.75. The van der Waals surface area contributed by atoms with Gasteiger partial charge < -0.3 is 9.64 Å². The maximum Gasteiger partial charge on any atom is 0.333 e. The number of fused-ring (bicyclic) bond motifs is 1. The summed E-state index contributed by atoms with van der Waals surface area (Å²) in [5.41, 5.74) is 1.37. The third-order valence-electron chi connectivity index (χ3n) is 6.01. The Kier molecular flexibility index (Phi) is 5.12. The van der Waals surface area contributed by atoms with Crippen molar-refractivity contribution < 1.29 is 19.1 Å². The van der Waals surface area contributed by atoms with Crippen molar-refractivity contribution in [2.24, 2.45) is 5.92 Å². The third-order valence-corrected chi connectivity index (χ3v) is 6.01. The van der Waals surface area contributed by atoms with Crippen LogP contribution in [-0.4, -0.2) is 41.8 Å². The number of esters is 1. The summed E-state index contributed by atoms with van der Waals surface area (Å²) in [6.07, 6.45) is 3.57. The fraction of sp³-hybridized carbons (Fsp3) is 0.240. The number of ketones is 1. The summed E-state index contributed by atoms with van der Waals surface area (Å²) in [5.74, 6) is -1.39. The number of ether oxygens (including phenoxy) is 1. The molecule has 0 aromatic heterocycles. The zero-order valence-electron chi connectivity index (χ0n) is 17.0. The first-order valence-corrected chi connectivity index (χ1v) is 9.93. The molecule has 0 radical (unpaired) electrons. The normalized spacial score (nSPS) is 24.0. The van der Waals surface area contributed by atoms with Gasteiger partial charge in [-0.1, -0.05) is 54.6 Å². The summed E-state index contributed by atoms with van der Waals surface area (Å²) in [6.45, 7) is 2.00. The number of allylic oxidation sites excluding steroid dienone is 2. The number of amides is 1. The highest BCUT2D eigenvalue weighted by Gasteiger charge is 2.62. The van der Waals surface area contributed by atoms with E-state index in [0.29, 0.717) is 11.1 Å². The molecule has 2 aromatic rings. The van der Waals surface area contributed by atoms with E-state index in [1.807, 2.05) is 36.4 Å². The minimum Gasteiger partial charge on any atom is -0.467 e. The van der Waals surface area contributed by atoms with Crippen LogP contribution in [0.2, 0.25) is 0 Å². The first-order valence-electron chi connectivity index (χ1n) is 9.93. The van der Waals surface area contributed by atoms with Gasteiger partial charge in [-0.15, -0.1) is 0 Å². The monoisotopic (exact) mass is 401 g/mol. The molecule has 1 amide bonds. The second-order valence-electron chi connectivity index (χ2n) is 7.60. The van der Waals surface area contributed by atoms with Gasteiger partial charge in [0.05, 0.1) is 7.11 Å². The van der Waals surface area contributed by atoms with Crippen molar-refractivity contribution in [3.63, 3.8) is 0 Å². The van der Waals surface area contributed by atoms with E-state index in [0.717, 1.165) is 11.1 Å². The van der Waals surface area contributed by atoms with E-state index in [1.165, 1.54) is 7.11 Å². The highest BCUT2D eigenvalue weighted by atomic mass is 16.5. The lowest BCUT2D eigenvalue weighted by Gasteiger charge is -2.39. The van der Waals surface area contributed by atoms with Gasteiger partial charge in [-0.3, -0.25) is 9.59 Å². The predicted molar refractivity (Wildman–Crippen MR) is 113 cm³/mol. The standard InChI is InChI=1S/C25H23NO4/c1-3-20-21(27)14-19-16-26(23(28)18-12-8-5-9-13-18)25(22(19)20,24(29)30-2)15-17-10-6-4-7-11-17/h3-14,22H,15-16H2,1-2H3/b20-3+. The van der Waals surface area contributed by atoms with Crippen LogP contribution in [-0.2, 0) is 20.7 Å². The lowest BCUT2D eigenvalue weighted by molar-refractivity contribution is -0.153. The Hall–Kier alpha value is -3.47. The summed E-state index contributed by atoms with van der Waals surface area (Å²) in [7, 11) is 1.33. The van der Waals surface area contributed by atoms with Gasteiger partial charge in [-0.05, 0) is 36.3 Å². The fourth-order valence-electron chi connectivity index (χ4n) is 4.74. The molecule has 152 valence electrons. The van der Waals surface area contributed by atoms with Crippen LogP contribution in [0.1, 0.15) is 22.8 Å². The number of nitrogens with zero attached hydrogens (tertiary/aromatic N) is 1. The van der Waals surface area contributed by atoms with Crippen LogP contribution in [0.4, 0.5) is 0 Å². The molecular formula is C25H23NO4. The maximum atomic E-state index is 13.6. The van der Waals surface area contributed by atoms with Gasteiger partial charge in [0.2, 0.25) is 0 Å². The van der Waals surface area contributed by atoms with Gasteiger partial charge >= 0.3 is 5.97 Å². The number of benzene rings is 2. The topological polar surface area (TPSA) is 63.7 Å². The molecule has 0 N–H and O–H groups in total. The molecule has 1 aliphatic carbocycles. The smallest absolute Gasteiger partial charge is 0.333 e. The van der Waals surface area contributed by atoms with Crippen molar-refractivity contribution >= 4 is 17.7 Å². The van der Waals surface area contributed by atoms with E-state index >= 15 is 0 Å². The summed E-state index contributed by atoms with van der Waals surface area (Å²) >= 11 is 0. The van der Waals surface area contributed by atoms with Gasteiger partial charge in [0, 0.05) is 30.0 Å². The van der Waals surface area contributed by atoms with Crippen molar-refractivity contribution in [3.8, 4) is 0 Å². The quantitative estimate of drug-likeness (QED) is 0.582. The van der Waals surface area contributed by atoms with E-state index in [9.17, 15) is 14.4 Å². The number of rotatable bonds is 4. The zero-order valence-corrected chi connectivity index (χ0v) is 17.0.